The van der Waals surface area contributed by atoms with Gasteiger partial charge in [0, 0.05) is 0 Å². The van der Waals surface area contributed by atoms with Gasteiger partial charge in [-0.1, -0.05) is 68.4 Å². The van der Waals surface area contributed by atoms with Crippen LogP contribution in [0.1, 0.15) is 26.2 Å². The molecular formula is C15H24OSi. The van der Waals surface area contributed by atoms with Crippen molar-refractivity contribution < 1.29 is 5.11 Å². The van der Waals surface area contributed by atoms with Crippen LogP contribution in [-0.4, -0.2) is 19.3 Å². The van der Waals surface area contributed by atoms with Crippen LogP contribution in [0.5, 0.6) is 0 Å². The summed E-state index contributed by atoms with van der Waals surface area (Å²) in [5, 5.41) is 11.6. The summed E-state index contributed by atoms with van der Waals surface area (Å²) >= 11 is 0. The van der Waals surface area contributed by atoms with Crippen LogP contribution in [0, 0.1) is 5.92 Å². The van der Waals surface area contributed by atoms with Crippen LogP contribution in [0.2, 0.25) is 18.6 Å². The molecule has 2 rings (SSSR count). The molecular weight excluding hydrogens is 224 g/mol. The zero-order chi connectivity index (χ0) is 12.5. The van der Waals surface area contributed by atoms with E-state index >= 15 is 0 Å². The second-order valence-electron chi connectivity index (χ2n) is 6.05. The molecule has 1 aliphatic rings. The largest absolute Gasteiger partial charge is 0.393 e. The molecule has 0 aliphatic heterocycles. The molecule has 0 unspecified atom stereocenters. The highest BCUT2D eigenvalue weighted by Gasteiger charge is 2.41. The van der Waals surface area contributed by atoms with Gasteiger partial charge >= 0.3 is 0 Å². The monoisotopic (exact) mass is 248 g/mol. The van der Waals surface area contributed by atoms with Crippen LogP contribution in [0.25, 0.3) is 0 Å². The summed E-state index contributed by atoms with van der Waals surface area (Å²) < 4.78 is 0. The van der Waals surface area contributed by atoms with Crippen LogP contribution in [-0.2, 0) is 0 Å². The lowest BCUT2D eigenvalue weighted by Crippen LogP contribution is -2.51. The van der Waals surface area contributed by atoms with E-state index in [-0.39, 0.29) is 6.10 Å². The van der Waals surface area contributed by atoms with Crippen LogP contribution in [0.4, 0.5) is 0 Å². The van der Waals surface area contributed by atoms with Crippen molar-refractivity contribution in [1.82, 2.24) is 0 Å². The second-order valence-corrected chi connectivity index (χ2v) is 10.8. The molecule has 0 bridgehead atoms. The Kier molecular flexibility index (Phi) is 3.74. The smallest absolute Gasteiger partial charge is 0.0840 e. The van der Waals surface area contributed by atoms with Gasteiger partial charge in [0.2, 0.25) is 0 Å². The van der Waals surface area contributed by atoms with Crippen molar-refractivity contribution in [2.24, 2.45) is 5.92 Å². The fraction of sp³-hybridized carbons (Fsp3) is 0.600. The summed E-state index contributed by atoms with van der Waals surface area (Å²) in [6, 6.07) is 10.9. The SMILES string of the molecule is C[C@H]1[C@H](O)CCC[C@H]1[Si](C)(C)c1ccccc1. The predicted octanol–water partition coefficient (Wildman–Crippen LogP) is 3.15. The summed E-state index contributed by atoms with van der Waals surface area (Å²) in [6.45, 7) is 7.16. The van der Waals surface area contributed by atoms with Crippen LogP contribution in [0.3, 0.4) is 0 Å². The Balaban J connectivity index is 2.25. The van der Waals surface area contributed by atoms with Gasteiger partial charge in [-0.25, -0.2) is 0 Å². The van der Waals surface area contributed by atoms with E-state index in [1.807, 2.05) is 0 Å². The van der Waals surface area contributed by atoms with Gasteiger partial charge in [-0.2, -0.15) is 0 Å². The van der Waals surface area contributed by atoms with E-state index in [1.165, 1.54) is 18.0 Å². The minimum atomic E-state index is -1.44. The van der Waals surface area contributed by atoms with Crippen molar-refractivity contribution in [3.8, 4) is 0 Å². The first-order chi connectivity index (χ1) is 8.03. The van der Waals surface area contributed by atoms with E-state index in [4.69, 9.17) is 0 Å². The molecule has 0 amide bonds. The lowest BCUT2D eigenvalue weighted by Gasteiger charge is -2.42. The summed E-state index contributed by atoms with van der Waals surface area (Å²) in [6.07, 6.45) is 3.41. The zero-order valence-corrected chi connectivity index (χ0v) is 12.2. The molecule has 0 aromatic heterocycles. The lowest BCUT2D eigenvalue weighted by atomic mass is 9.87. The van der Waals surface area contributed by atoms with Gasteiger partial charge in [0.25, 0.3) is 0 Å². The van der Waals surface area contributed by atoms with Gasteiger partial charge in [-0.3, -0.25) is 0 Å². The number of aliphatic hydroxyl groups excluding tert-OH is 1. The third kappa shape index (κ3) is 2.48. The second kappa shape index (κ2) is 4.95. The number of hydrogen-bond acceptors (Lipinski definition) is 1. The Morgan fingerprint density at radius 2 is 1.76 bits per heavy atom. The Labute approximate surface area is 106 Å². The summed E-state index contributed by atoms with van der Waals surface area (Å²) in [4.78, 5) is 0. The third-order valence-electron chi connectivity index (χ3n) is 4.70. The lowest BCUT2D eigenvalue weighted by molar-refractivity contribution is 0.0781. The summed E-state index contributed by atoms with van der Waals surface area (Å²) in [5.74, 6) is 0.464. The van der Waals surface area contributed by atoms with Crippen molar-refractivity contribution in [3.05, 3.63) is 30.3 Å². The highest BCUT2D eigenvalue weighted by atomic mass is 28.3. The van der Waals surface area contributed by atoms with Gasteiger partial charge in [-0.15, -0.1) is 0 Å². The van der Waals surface area contributed by atoms with E-state index < -0.39 is 8.07 Å². The quantitative estimate of drug-likeness (QED) is 0.797. The first-order valence-electron chi connectivity index (χ1n) is 6.77. The van der Waals surface area contributed by atoms with Gasteiger partial charge in [0.1, 0.15) is 0 Å². The van der Waals surface area contributed by atoms with Gasteiger partial charge in [0.15, 0.2) is 0 Å². The first kappa shape index (κ1) is 12.8. The maximum absolute atomic E-state index is 10.1. The average Bonchev–Trinajstić information content (AvgIpc) is 2.33. The summed E-state index contributed by atoms with van der Waals surface area (Å²) in [5.41, 5.74) is 0.716. The van der Waals surface area contributed by atoms with Crippen molar-refractivity contribution in [1.29, 1.82) is 0 Å². The molecule has 1 N–H and O–H groups in total. The number of aliphatic hydroxyl groups is 1. The van der Waals surface area contributed by atoms with Crippen LogP contribution < -0.4 is 5.19 Å². The van der Waals surface area contributed by atoms with Crippen molar-refractivity contribution in [2.45, 2.75) is 50.9 Å². The molecule has 1 fully saturated rings. The van der Waals surface area contributed by atoms with Crippen LogP contribution >= 0.6 is 0 Å². The molecule has 1 nitrogen and oxygen atoms in total. The fourth-order valence-electron chi connectivity index (χ4n) is 3.44. The third-order valence-corrected chi connectivity index (χ3v) is 9.19. The van der Waals surface area contributed by atoms with Crippen molar-refractivity contribution in [2.75, 3.05) is 0 Å². The van der Waals surface area contributed by atoms with E-state index in [9.17, 15) is 5.11 Å². The maximum atomic E-state index is 10.1. The normalized spacial score (nSPS) is 30.2. The topological polar surface area (TPSA) is 20.2 Å². The van der Waals surface area contributed by atoms with Crippen molar-refractivity contribution in [3.63, 3.8) is 0 Å². The van der Waals surface area contributed by atoms with Gasteiger partial charge < -0.3 is 5.11 Å². The summed E-state index contributed by atoms with van der Waals surface area (Å²) in [7, 11) is -1.44. The molecule has 0 spiro atoms. The molecule has 1 aromatic carbocycles. The molecule has 1 saturated carbocycles. The molecule has 0 radical (unpaired) electrons. The molecule has 0 heterocycles. The van der Waals surface area contributed by atoms with E-state index in [2.05, 4.69) is 50.3 Å². The Morgan fingerprint density at radius 3 is 2.41 bits per heavy atom. The zero-order valence-electron chi connectivity index (χ0n) is 11.2. The van der Waals surface area contributed by atoms with E-state index in [0.29, 0.717) is 11.5 Å². The molecule has 17 heavy (non-hydrogen) atoms. The molecule has 3 atom stereocenters. The molecule has 2 heteroatoms. The van der Waals surface area contributed by atoms with Crippen molar-refractivity contribution >= 4 is 13.3 Å². The van der Waals surface area contributed by atoms with Crippen LogP contribution in [0.15, 0.2) is 30.3 Å². The molecule has 94 valence electrons. The number of hydrogen-bond donors (Lipinski definition) is 1. The molecule has 1 aliphatic carbocycles. The van der Waals surface area contributed by atoms with Gasteiger partial charge in [-0.05, 0) is 17.9 Å². The van der Waals surface area contributed by atoms with E-state index in [1.54, 1.807) is 0 Å². The Morgan fingerprint density at radius 1 is 1.12 bits per heavy atom. The number of rotatable bonds is 2. The molecule has 1 aromatic rings. The Bertz CT molecular complexity index is 360. The predicted molar refractivity (Wildman–Crippen MR) is 76.3 cm³/mol. The average molecular weight is 248 g/mol. The minimum Gasteiger partial charge on any atom is -0.393 e. The Hall–Kier alpha value is -0.603. The highest BCUT2D eigenvalue weighted by Crippen LogP contribution is 2.41. The fourth-order valence-corrected chi connectivity index (χ4v) is 7.38. The number of benzene rings is 1. The standard InChI is InChI=1S/C15H24OSi/c1-12-14(16)10-7-11-15(12)17(2,3)13-8-5-4-6-9-13/h4-6,8-9,12,14-16H,7,10-11H2,1-3H3/t12-,14+,15+/m0/s1. The highest BCUT2D eigenvalue weighted by molar-refractivity contribution is 6.91. The van der Waals surface area contributed by atoms with Gasteiger partial charge in [0.05, 0.1) is 14.2 Å². The maximum Gasteiger partial charge on any atom is 0.0840 e. The van der Waals surface area contributed by atoms with E-state index in [0.717, 1.165) is 6.42 Å². The molecule has 0 saturated heterocycles. The minimum absolute atomic E-state index is 0.0794. The first-order valence-corrected chi connectivity index (χ1v) is 9.85.